The highest BCUT2D eigenvalue weighted by Gasteiger charge is 2.26. The van der Waals surface area contributed by atoms with Gasteiger partial charge in [0, 0.05) is 25.4 Å². The first-order valence-electron chi connectivity index (χ1n) is 7.53. The van der Waals surface area contributed by atoms with Crippen LogP contribution in [0.1, 0.15) is 18.4 Å². The number of hydrogen-bond acceptors (Lipinski definition) is 5. The zero-order valence-electron chi connectivity index (χ0n) is 13.5. The van der Waals surface area contributed by atoms with Gasteiger partial charge in [-0.25, -0.2) is 8.42 Å². The van der Waals surface area contributed by atoms with Gasteiger partial charge in [-0.3, -0.25) is 9.52 Å². The third-order valence-electron chi connectivity index (χ3n) is 3.80. The van der Waals surface area contributed by atoms with E-state index in [0.717, 1.165) is 24.7 Å². The molecule has 0 radical (unpaired) electrons. The van der Waals surface area contributed by atoms with Crippen molar-refractivity contribution in [2.24, 2.45) is 11.7 Å². The SMILES string of the molecule is CS(=O)(=O)Nc1ccc(CNC(=O)C(N)C2CCOCC2)cc1.Cl. The minimum atomic E-state index is -3.29. The Balaban J connectivity index is 0.00000288. The molecule has 1 aliphatic heterocycles. The summed E-state index contributed by atoms with van der Waals surface area (Å²) in [6.45, 7) is 1.66. The van der Waals surface area contributed by atoms with Crippen molar-refractivity contribution in [3.8, 4) is 0 Å². The lowest BCUT2D eigenvalue weighted by Gasteiger charge is -2.26. The van der Waals surface area contributed by atoms with Crippen molar-refractivity contribution in [2.75, 3.05) is 24.2 Å². The van der Waals surface area contributed by atoms with Gasteiger partial charge in [-0.05, 0) is 36.5 Å². The molecule has 0 saturated carbocycles. The molecule has 1 aliphatic rings. The fourth-order valence-electron chi connectivity index (χ4n) is 2.50. The maximum absolute atomic E-state index is 12.1. The lowest BCUT2D eigenvalue weighted by atomic mass is 9.92. The number of anilines is 1. The topological polar surface area (TPSA) is 111 Å². The Bertz CT molecular complexity index is 631. The van der Waals surface area contributed by atoms with Gasteiger partial charge in [0.15, 0.2) is 0 Å². The number of nitrogens with one attached hydrogen (secondary N) is 2. The minimum Gasteiger partial charge on any atom is -0.381 e. The fourth-order valence-corrected chi connectivity index (χ4v) is 3.06. The molecule has 1 fully saturated rings. The van der Waals surface area contributed by atoms with Crippen LogP contribution in [0, 0.1) is 5.92 Å². The average Bonchev–Trinajstić information content (AvgIpc) is 2.52. The van der Waals surface area contributed by atoms with E-state index < -0.39 is 16.1 Å². The molecular weight excluding hydrogens is 354 g/mol. The summed E-state index contributed by atoms with van der Waals surface area (Å²) >= 11 is 0. The molecule has 4 N–H and O–H groups in total. The van der Waals surface area contributed by atoms with E-state index in [4.69, 9.17) is 10.5 Å². The Hall–Kier alpha value is -1.35. The van der Waals surface area contributed by atoms with E-state index in [2.05, 4.69) is 10.0 Å². The van der Waals surface area contributed by atoms with Crippen LogP contribution in [0.15, 0.2) is 24.3 Å². The highest BCUT2D eigenvalue weighted by molar-refractivity contribution is 7.92. The van der Waals surface area contributed by atoms with Crippen LogP contribution >= 0.6 is 12.4 Å². The Morgan fingerprint density at radius 2 is 1.88 bits per heavy atom. The third-order valence-corrected chi connectivity index (χ3v) is 4.41. The average molecular weight is 378 g/mol. The number of amides is 1. The van der Waals surface area contributed by atoms with Crippen molar-refractivity contribution in [3.05, 3.63) is 29.8 Å². The van der Waals surface area contributed by atoms with Crippen LogP contribution in [0.25, 0.3) is 0 Å². The number of ether oxygens (including phenoxy) is 1. The van der Waals surface area contributed by atoms with E-state index in [0.29, 0.717) is 25.4 Å². The number of benzene rings is 1. The Morgan fingerprint density at radius 1 is 1.29 bits per heavy atom. The van der Waals surface area contributed by atoms with Crippen molar-refractivity contribution in [1.29, 1.82) is 0 Å². The zero-order chi connectivity index (χ0) is 16.9. The van der Waals surface area contributed by atoms with Crippen LogP contribution in [-0.2, 0) is 26.1 Å². The third kappa shape index (κ3) is 6.64. The molecule has 1 saturated heterocycles. The molecule has 0 bridgehead atoms. The summed E-state index contributed by atoms with van der Waals surface area (Å²) in [5.74, 6) is -0.0136. The van der Waals surface area contributed by atoms with Crippen molar-refractivity contribution in [1.82, 2.24) is 5.32 Å². The second-order valence-electron chi connectivity index (χ2n) is 5.76. The summed E-state index contributed by atoms with van der Waals surface area (Å²) in [6, 6.07) is 6.30. The van der Waals surface area contributed by atoms with E-state index in [1.807, 2.05) is 0 Å². The number of carbonyl (C=O) groups excluding carboxylic acids is 1. The van der Waals surface area contributed by atoms with Gasteiger partial charge >= 0.3 is 0 Å². The molecule has 7 nitrogen and oxygen atoms in total. The lowest BCUT2D eigenvalue weighted by Crippen LogP contribution is -2.46. The normalized spacial score (nSPS) is 16.8. The second-order valence-corrected chi connectivity index (χ2v) is 7.51. The van der Waals surface area contributed by atoms with Gasteiger partial charge in [0.2, 0.25) is 15.9 Å². The van der Waals surface area contributed by atoms with Crippen molar-refractivity contribution in [3.63, 3.8) is 0 Å². The standard InChI is InChI=1S/C15H23N3O4S.ClH/c1-23(20,21)18-13-4-2-11(3-5-13)10-17-15(19)14(16)12-6-8-22-9-7-12;/h2-5,12,14,18H,6-10,16H2,1H3,(H,17,19);1H. The van der Waals surface area contributed by atoms with E-state index in [1.54, 1.807) is 24.3 Å². The van der Waals surface area contributed by atoms with E-state index >= 15 is 0 Å². The first-order chi connectivity index (χ1) is 10.8. The highest BCUT2D eigenvalue weighted by atomic mass is 35.5. The van der Waals surface area contributed by atoms with Crippen LogP contribution in [0.2, 0.25) is 0 Å². The van der Waals surface area contributed by atoms with Crippen molar-refractivity contribution >= 4 is 34.0 Å². The van der Waals surface area contributed by atoms with Crippen LogP contribution in [-0.4, -0.2) is 39.8 Å². The molecule has 136 valence electrons. The molecule has 0 spiro atoms. The van der Waals surface area contributed by atoms with E-state index in [1.165, 1.54) is 0 Å². The van der Waals surface area contributed by atoms with E-state index in [-0.39, 0.29) is 24.2 Å². The summed E-state index contributed by atoms with van der Waals surface area (Å²) in [4.78, 5) is 12.1. The van der Waals surface area contributed by atoms with Gasteiger partial charge in [-0.2, -0.15) is 0 Å². The predicted octanol–water partition coefficient (Wildman–Crippen LogP) is 0.850. The number of halogens is 1. The number of carbonyl (C=O) groups is 1. The van der Waals surface area contributed by atoms with Gasteiger partial charge in [-0.15, -0.1) is 12.4 Å². The molecule has 0 aliphatic carbocycles. The molecule has 1 aromatic rings. The maximum atomic E-state index is 12.1. The zero-order valence-corrected chi connectivity index (χ0v) is 15.2. The minimum absolute atomic E-state index is 0. The predicted molar refractivity (Wildman–Crippen MR) is 95.5 cm³/mol. The van der Waals surface area contributed by atoms with Crippen LogP contribution in [0.4, 0.5) is 5.69 Å². The molecule has 1 unspecified atom stereocenters. The van der Waals surface area contributed by atoms with Crippen LogP contribution in [0.5, 0.6) is 0 Å². The monoisotopic (exact) mass is 377 g/mol. The van der Waals surface area contributed by atoms with Gasteiger partial charge in [0.1, 0.15) is 0 Å². The van der Waals surface area contributed by atoms with E-state index in [9.17, 15) is 13.2 Å². The number of nitrogens with two attached hydrogens (primary N) is 1. The number of rotatable bonds is 6. The lowest BCUT2D eigenvalue weighted by molar-refractivity contribution is -0.124. The molecule has 1 aromatic carbocycles. The van der Waals surface area contributed by atoms with Crippen LogP contribution in [0.3, 0.4) is 0 Å². The quantitative estimate of drug-likeness (QED) is 0.680. The van der Waals surface area contributed by atoms with Gasteiger partial charge in [-0.1, -0.05) is 12.1 Å². The molecule has 0 aromatic heterocycles. The molecule has 1 heterocycles. The summed E-state index contributed by atoms with van der Waals surface area (Å²) in [7, 11) is -3.29. The Kier molecular flexibility index (Phi) is 7.95. The first kappa shape index (κ1) is 20.7. The number of hydrogen-bond donors (Lipinski definition) is 3. The first-order valence-corrected chi connectivity index (χ1v) is 9.42. The summed E-state index contributed by atoms with van der Waals surface area (Å²) < 4.78 is 29.9. The molecule has 9 heteroatoms. The molecule has 1 atom stereocenters. The largest absolute Gasteiger partial charge is 0.381 e. The smallest absolute Gasteiger partial charge is 0.237 e. The second kappa shape index (κ2) is 9.22. The Labute approximate surface area is 148 Å². The van der Waals surface area contributed by atoms with Crippen molar-refractivity contribution < 1.29 is 17.9 Å². The van der Waals surface area contributed by atoms with Crippen LogP contribution < -0.4 is 15.8 Å². The summed E-state index contributed by atoms with van der Waals surface area (Å²) in [5.41, 5.74) is 7.36. The molecule has 2 rings (SSSR count). The molecule has 24 heavy (non-hydrogen) atoms. The van der Waals surface area contributed by atoms with Crippen molar-refractivity contribution in [2.45, 2.75) is 25.4 Å². The maximum Gasteiger partial charge on any atom is 0.237 e. The summed E-state index contributed by atoms with van der Waals surface area (Å²) in [6.07, 6.45) is 2.71. The highest BCUT2D eigenvalue weighted by Crippen LogP contribution is 2.18. The molecular formula is C15H24ClN3O4S. The number of sulfonamides is 1. The fraction of sp³-hybridized carbons (Fsp3) is 0.533. The van der Waals surface area contributed by atoms with Gasteiger partial charge in [0.25, 0.3) is 0 Å². The van der Waals surface area contributed by atoms with Gasteiger partial charge in [0.05, 0.1) is 12.3 Å². The molecule has 1 amide bonds. The Morgan fingerprint density at radius 3 is 2.42 bits per heavy atom. The summed E-state index contributed by atoms with van der Waals surface area (Å²) in [5, 5.41) is 2.82. The van der Waals surface area contributed by atoms with Gasteiger partial charge < -0.3 is 15.8 Å².